The molecule has 0 radical (unpaired) electrons. The Morgan fingerprint density at radius 1 is 0.810 bits per heavy atom. The van der Waals surface area contributed by atoms with E-state index in [1.54, 1.807) is 18.6 Å². The summed E-state index contributed by atoms with van der Waals surface area (Å²) in [5.74, 6) is 0.780. The number of para-hydroxylation sites is 2. The van der Waals surface area contributed by atoms with E-state index in [4.69, 9.17) is 4.42 Å². The lowest BCUT2D eigenvalue weighted by Crippen LogP contribution is -1.88. The zero-order chi connectivity index (χ0) is 14.1. The number of rotatable bonds is 2. The maximum absolute atomic E-state index is 5.65. The minimum absolute atomic E-state index is 0.347. The summed E-state index contributed by atoms with van der Waals surface area (Å²) in [6.45, 7) is 0. The van der Waals surface area contributed by atoms with Crippen molar-refractivity contribution in [3.05, 3.63) is 55.0 Å². The van der Waals surface area contributed by atoms with Crippen molar-refractivity contribution in [2.24, 2.45) is 0 Å². The molecular formula is C15H9N5O. The molecule has 0 fully saturated rings. The van der Waals surface area contributed by atoms with Gasteiger partial charge >= 0.3 is 0 Å². The molecule has 100 valence electrons. The van der Waals surface area contributed by atoms with Crippen LogP contribution >= 0.6 is 0 Å². The van der Waals surface area contributed by atoms with Gasteiger partial charge < -0.3 is 4.42 Å². The van der Waals surface area contributed by atoms with E-state index in [1.165, 1.54) is 0 Å². The molecule has 0 atom stereocenters. The number of fused-ring (bicyclic) bond motifs is 1. The molecule has 0 bridgehead atoms. The monoisotopic (exact) mass is 275 g/mol. The fourth-order valence-corrected chi connectivity index (χ4v) is 2.00. The van der Waals surface area contributed by atoms with Crippen molar-refractivity contribution in [3.63, 3.8) is 0 Å². The zero-order valence-corrected chi connectivity index (χ0v) is 10.8. The Morgan fingerprint density at radius 3 is 2.43 bits per heavy atom. The highest BCUT2D eigenvalue weighted by Gasteiger charge is 2.12. The van der Waals surface area contributed by atoms with Gasteiger partial charge in [-0.05, 0) is 24.3 Å². The van der Waals surface area contributed by atoms with Crippen LogP contribution in [0.4, 0.5) is 0 Å². The van der Waals surface area contributed by atoms with Crippen molar-refractivity contribution in [2.45, 2.75) is 0 Å². The molecule has 3 aromatic heterocycles. The largest absolute Gasteiger partial charge is 0.415 e. The Kier molecular flexibility index (Phi) is 2.64. The van der Waals surface area contributed by atoms with E-state index < -0.39 is 0 Å². The smallest absolute Gasteiger partial charge is 0.268 e. The average Bonchev–Trinajstić information content (AvgIpc) is 3.05. The number of hydrogen-bond donors (Lipinski definition) is 0. The van der Waals surface area contributed by atoms with Gasteiger partial charge in [0.05, 0.1) is 17.2 Å². The van der Waals surface area contributed by atoms with Gasteiger partial charge in [0.25, 0.3) is 5.89 Å². The third-order valence-corrected chi connectivity index (χ3v) is 3.02. The fraction of sp³-hybridized carbons (Fsp3) is 0. The second kappa shape index (κ2) is 4.75. The van der Waals surface area contributed by atoms with Crippen molar-refractivity contribution in [1.29, 1.82) is 0 Å². The topological polar surface area (TPSA) is 77.6 Å². The summed E-state index contributed by atoms with van der Waals surface area (Å²) in [7, 11) is 0. The van der Waals surface area contributed by atoms with Crippen LogP contribution in [0.3, 0.4) is 0 Å². The summed E-state index contributed by atoms with van der Waals surface area (Å²) in [5, 5.41) is 8.06. The van der Waals surface area contributed by atoms with Gasteiger partial charge in [-0.25, -0.2) is 4.98 Å². The Labute approximate surface area is 119 Å². The van der Waals surface area contributed by atoms with E-state index in [9.17, 15) is 0 Å². The van der Waals surface area contributed by atoms with Crippen LogP contribution in [0.15, 0.2) is 59.4 Å². The number of nitrogens with zero attached hydrogens (tertiary/aromatic N) is 5. The minimum atomic E-state index is 0.347. The first-order valence-electron chi connectivity index (χ1n) is 6.36. The summed E-state index contributed by atoms with van der Waals surface area (Å²) >= 11 is 0. The Balaban J connectivity index is 1.77. The summed E-state index contributed by atoms with van der Waals surface area (Å²) in [6.07, 6.45) is 4.98. The van der Waals surface area contributed by atoms with Crippen LogP contribution < -0.4 is 0 Å². The molecule has 0 saturated carbocycles. The fourth-order valence-electron chi connectivity index (χ4n) is 2.00. The molecule has 6 heteroatoms. The van der Waals surface area contributed by atoms with Gasteiger partial charge in [0.1, 0.15) is 5.69 Å². The molecule has 0 aliphatic rings. The zero-order valence-electron chi connectivity index (χ0n) is 10.8. The highest BCUT2D eigenvalue weighted by atomic mass is 16.4. The predicted molar refractivity (Wildman–Crippen MR) is 76.1 cm³/mol. The standard InChI is InChI=1S/C15H9N5O/c1-2-4-12-11(3-1)17-9-13(18-12)15-20-19-14(21-15)10-5-7-16-8-6-10/h1-9H. The molecule has 4 aromatic rings. The van der Waals surface area contributed by atoms with Crippen molar-refractivity contribution < 1.29 is 4.42 Å². The number of pyridine rings is 1. The van der Waals surface area contributed by atoms with Crippen LogP contribution in [-0.4, -0.2) is 25.1 Å². The number of hydrogen-bond acceptors (Lipinski definition) is 6. The van der Waals surface area contributed by atoms with E-state index in [1.807, 2.05) is 36.4 Å². The van der Waals surface area contributed by atoms with Gasteiger partial charge in [0.2, 0.25) is 5.89 Å². The molecule has 0 amide bonds. The van der Waals surface area contributed by atoms with Crippen LogP contribution in [-0.2, 0) is 0 Å². The molecule has 21 heavy (non-hydrogen) atoms. The van der Waals surface area contributed by atoms with Crippen LogP contribution in [0.5, 0.6) is 0 Å². The van der Waals surface area contributed by atoms with Gasteiger partial charge in [-0.1, -0.05) is 12.1 Å². The Bertz CT molecular complexity index is 904. The lowest BCUT2D eigenvalue weighted by molar-refractivity contribution is 0.582. The van der Waals surface area contributed by atoms with E-state index in [-0.39, 0.29) is 0 Å². The van der Waals surface area contributed by atoms with E-state index in [0.29, 0.717) is 17.5 Å². The van der Waals surface area contributed by atoms with Crippen LogP contribution in [0, 0.1) is 0 Å². The first-order chi connectivity index (χ1) is 10.4. The highest BCUT2D eigenvalue weighted by Crippen LogP contribution is 2.22. The van der Waals surface area contributed by atoms with Gasteiger partial charge in [0.15, 0.2) is 0 Å². The van der Waals surface area contributed by atoms with E-state index in [2.05, 4.69) is 25.1 Å². The maximum atomic E-state index is 5.65. The first-order valence-corrected chi connectivity index (χ1v) is 6.36. The van der Waals surface area contributed by atoms with E-state index in [0.717, 1.165) is 16.6 Å². The predicted octanol–water partition coefficient (Wildman–Crippen LogP) is 2.74. The molecule has 0 saturated heterocycles. The van der Waals surface area contributed by atoms with Gasteiger partial charge in [0, 0.05) is 18.0 Å². The maximum Gasteiger partial charge on any atom is 0.268 e. The van der Waals surface area contributed by atoms with Crippen molar-refractivity contribution in [3.8, 4) is 23.0 Å². The lowest BCUT2D eigenvalue weighted by Gasteiger charge is -1.97. The molecule has 1 aromatic carbocycles. The summed E-state index contributed by atoms with van der Waals surface area (Å²) in [6, 6.07) is 11.3. The Morgan fingerprint density at radius 2 is 1.57 bits per heavy atom. The second-order valence-electron chi connectivity index (χ2n) is 4.39. The summed E-state index contributed by atoms with van der Waals surface area (Å²) < 4.78 is 5.65. The van der Waals surface area contributed by atoms with Gasteiger partial charge in [-0.2, -0.15) is 0 Å². The third-order valence-electron chi connectivity index (χ3n) is 3.02. The molecule has 3 heterocycles. The van der Waals surface area contributed by atoms with Crippen LogP contribution in [0.25, 0.3) is 34.1 Å². The van der Waals surface area contributed by atoms with E-state index >= 15 is 0 Å². The minimum Gasteiger partial charge on any atom is -0.415 e. The van der Waals surface area contributed by atoms with Crippen LogP contribution in [0.2, 0.25) is 0 Å². The quantitative estimate of drug-likeness (QED) is 0.559. The SMILES string of the molecule is c1ccc2nc(-c3nnc(-c4ccncc4)o3)cnc2c1. The van der Waals surface area contributed by atoms with Crippen molar-refractivity contribution in [2.75, 3.05) is 0 Å². The summed E-state index contributed by atoms with van der Waals surface area (Å²) in [5.41, 5.74) is 2.99. The average molecular weight is 275 g/mol. The highest BCUT2D eigenvalue weighted by molar-refractivity contribution is 5.75. The summed E-state index contributed by atoms with van der Waals surface area (Å²) in [4.78, 5) is 12.8. The third kappa shape index (κ3) is 2.12. The molecule has 0 aliphatic carbocycles. The molecule has 0 unspecified atom stereocenters. The molecule has 0 N–H and O–H groups in total. The molecular weight excluding hydrogens is 266 g/mol. The van der Waals surface area contributed by atoms with Crippen molar-refractivity contribution in [1.82, 2.24) is 25.1 Å². The molecule has 0 aliphatic heterocycles. The molecule has 6 nitrogen and oxygen atoms in total. The normalized spacial score (nSPS) is 10.9. The Hall–Kier alpha value is -3.15. The molecule has 0 spiro atoms. The number of benzene rings is 1. The second-order valence-corrected chi connectivity index (χ2v) is 4.39. The van der Waals surface area contributed by atoms with Gasteiger partial charge in [-0.15, -0.1) is 10.2 Å². The van der Waals surface area contributed by atoms with Crippen molar-refractivity contribution >= 4 is 11.0 Å². The first kappa shape index (κ1) is 11.7. The van der Waals surface area contributed by atoms with Crippen LogP contribution in [0.1, 0.15) is 0 Å². The van der Waals surface area contributed by atoms with Gasteiger partial charge in [-0.3, -0.25) is 9.97 Å². The molecule has 4 rings (SSSR count). The lowest BCUT2D eigenvalue weighted by atomic mass is 10.3. The number of aromatic nitrogens is 5.